The van der Waals surface area contributed by atoms with E-state index >= 15 is 0 Å². The van der Waals surface area contributed by atoms with Crippen molar-refractivity contribution in [1.82, 2.24) is 9.88 Å². The molecule has 0 saturated carbocycles. The van der Waals surface area contributed by atoms with Gasteiger partial charge in [-0.05, 0) is 64.9 Å². The van der Waals surface area contributed by atoms with E-state index in [0.717, 1.165) is 27.8 Å². The Kier molecular flexibility index (Phi) is 11.1. The Labute approximate surface area is 286 Å². The van der Waals surface area contributed by atoms with Crippen LogP contribution in [0, 0.1) is 0 Å². The number of amides is 1. The molecule has 1 saturated heterocycles. The third-order valence-electron chi connectivity index (χ3n) is 8.48. The lowest BCUT2D eigenvalue weighted by atomic mass is 9.86. The zero-order valence-electron chi connectivity index (χ0n) is 28.7. The van der Waals surface area contributed by atoms with Crippen LogP contribution in [0.5, 0.6) is 28.9 Å². The van der Waals surface area contributed by atoms with Crippen molar-refractivity contribution in [3.05, 3.63) is 113 Å². The largest absolute Gasteiger partial charge is 0.497 e. The van der Waals surface area contributed by atoms with E-state index in [0.29, 0.717) is 42.3 Å². The Bertz CT molecular complexity index is 1770. The molecule has 5 rings (SSSR count). The lowest BCUT2D eigenvalue weighted by molar-refractivity contribution is -0.129. The van der Waals surface area contributed by atoms with Gasteiger partial charge in [0.1, 0.15) is 23.9 Å². The maximum Gasteiger partial charge on any atom is 0.387 e. The summed E-state index contributed by atoms with van der Waals surface area (Å²) in [6, 6.07) is 23.7. The molecular weight excluding hydrogens is 630 g/mol. The summed E-state index contributed by atoms with van der Waals surface area (Å²) in [6.45, 7) is 3.75. The number of ether oxygens (including phenoxy) is 5. The molecule has 1 atom stereocenters. The number of hydrogen-bond acceptors (Lipinski definition) is 7. The predicted molar refractivity (Wildman–Crippen MR) is 184 cm³/mol. The maximum absolute atomic E-state index is 13.4. The highest BCUT2D eigenvalue weighted by atomic mass is 19.3. The number of likely N-dealkylation sites (tertiary alicyclic amines) is 1. The molecular formula is C39H42F2N2O6. The first-order chi connectivity index (χ1) is 23.5. The van der Waals surface area contributed by atoms with Gasteiger partial charge in [-0.25, -0.2) is 4.98 Å². The molecule has 1 aliphatic heterocycles. The monoisotopic (exact) mass is 672 g/mol. The second-order valence-electron chi connectivity index (χ2n) is 12.7. The molecule has 8 nitrogen and oxygen atoms in total. The highest BCUT2D eigenvalue weighted by molar-refractivity contribution is 5.83. The molecule has 1 aliphatic rings. The molecule has 3 aromatic carbocycles. The number of aromatic nitrogens is 1. The Morgan fingerprint density at radius 3 is 2.22 bits per heavy atom. The van der Waals surface area contributed by atoms with Crippen LogP contribution < -0.4 is 23.7 Å². The van der Waals surface area contributed by atoms with Crippen LogP contribution in [0.25, 0.3) is 5.57 Å². The molecule has 0 radical (unpaired) electrons. The number of rotatable bonds is 13. The van der Waals surface area contributed by atoms with Crippen molar-refractivity contribution in [3.8, 4) is 28.9 Å². The maximum atomic E-state index is 13.4. The van der Waals surface area contributed by atoms with Gasteiger partial charge >= 0.3 is 6.61 Å². The number of carbonyl (C=O) groups is 1. The van der Waals surface area contributed by atoms with E-state index in [-0.39, 0.29) is 35.6 Å². The highest BCUT2D eigenvalue weighted by Gasteiger charge is 2.31. The first-order valence-corrected chi connectivity index (χ1v) is 16.0. The van der Waals surface area contributed by atoms with E-state index in [4.69, 9.17) is 28.7 Å². The molecule has 1 aromatic heterocycles. The van der Waals surface area contributed by atoms with Gasteiger partial charge in [-0.3, -0.25) is 4.79 Å². The van der Waals surface area contributed by atoms with Gasteiger partial charge in [0.25, 0.3) is 5.88 Å². The predicted octanol–water partition coefficient (Wildman–Crippen LogP) is 8.21. The van der Waals surface area contributed by atoms with Crippen LogP contribution in [-0.4, -0.2) is 49.8 Å². The number of pyridine rings is 1. The fraction of sp³-hybridized carbons (Fsp3) is 0.333. The first kappa shape index (κ1) is 35.2. The molecule has 258 valence electrons. The molecule has 1 amide bonds. The Morgan fingerprint density at radius 1 is 0.898 bits per heavy atom. The van der Waals surface area contributed by atoms with Crippen LogP contribution in [0.15, 0.2) is 84.9 Å². The quantitative estimate of drug-likeness (QED) is 0.142. The molecule has 49 heavy (non-hydrogen) atoms. The number of alkyl halides is 2. The van der Waals surface area contributed by atoms with Crippen LogP contribution in [0.3, 0.4) is 0 Å². The van der Waals surface area contributed by atoms with Crippen LogP contribution >= 0.6 is 0 Å². The van der Waals surface area contributed by atoms with Crippen molar-refractivity contribution in [2.75, 3.05) is 21.3 Å². The number of halogens is 2. The Balaban J connectivity index is 1.55. The van der Waals surface area contributed by atoms with E-state index in [9.17, 15) is 13.6 Å². The van der Waals surface area contributed by atoms with Crippen LogP contribution in [-0.2, 0) is 23.4 Å². The molecule has 0 bridgehead atoms. The first-order valence-electron chi connectivity index (χ1n) is 16.0. The molecule has 4 aromatic rings. The second-order valence-corrected chi connectivity index (χ2v) is 12.7. The molecule has 0 unspecified atom stereocenters. The highest BCUT2D eigenvalue weighted by Crippen LogP contribution is 2.36. The molecule has 10 heteroatoms. The van der Waals surface area contributed by atoms with Gasteiger partial charge in [0.2, 0.25) is 5.91 Å². The molecule has 0 spiro atoms. The van der Waals surface area contributed by atoms with E-state index in [2.05, 4.69) is 32.9 Å². The summed E-state index contributed by atoms with van der Waals surface area (Å²) in [5, 5.41) is 0. The van der Waals surface area contributed by atoms with Gasteiger partial charge < -0.3 is 28.6 Å². The van der Waals surface area contributed by atoms with Gasteiger partial charge in [0.15, 0.2) is 5.75 Å². The topological polar surface area (TPSA) is 79.4 Å². The van der Waals surface area contributed by atoms with Crippen LogP contribution in [0.4, 0.5) is 8.78 Å². The average molecular weight is 673 g/mol. The zero-order chi connectivity index (χ0) is 35.1. The smallest absolute Gasteiger partial charge is 0.387 e. The number of hydrogen-bond donors (Lipinski definition) is 0. The van der Waals surface area contributed by atoms with Crippen molar-refractivity contribution in [3.63, 3.8) is 0 Å². The lowest BCUT2D eigenvalue weighted by Gasteiger charge is -2.25. The van der Waals surface area contributed by atoms with Crippen molar-refractivity contribution in [1.29, 1.82) is 0 Å². The molecule has 0 N–H and O–H groups in total. The van der Waals surface area contributed by atoms with Gasteiger partial charge in [-0.2, -0.15) is 8.78 Å². The summed E-state index contributed by atoms with van der Waals surface area (Å²) < 4.78 is 53.9. The second kappa shape index (κ2) is 15.4. The van der Waals surface area contributed by atoms with Crippen molar-refractivity contribution < 1.29 is 37.3 Å². The number of benzene rings is 3. The van der Waals surface area contributed by atoms with E-state index in [1.807, 2.05) is 47.4 Å². The molecule has 1 fully saturated rings. The normalized spacial score (nSPS) is 15.0. The van der Waals surface area contributed by atoms with Crippen molar-refractivity contribution >= 4 is 11.5 Å². The summed E-state index contributed by atoms with van der Waals surface area (Å²) in [7, 11) is 4.75. The third-order valence-corrected chi connectivity index (χ3v) is 8.48. The lowest BCUT2D eigenvalue weighted by Crippen LogP contribution is -2.31. The minimum atomic E-state index is -3.07. The standard InChI is InChI=1S/C39H42F2N2O6/c1-39(2,3)28-12-9-26(10-13-28)32(21-29-14-20-36(44)43(29)23-27-11-17-31(46-5)22-35(27)47-6)33-18-19-34(49-38(40)41)37(42-33)48-24-25-7-15-30(45-4)16-8-25/h7-13,15-19,21-22,29,38H,14,20,23-24H2,1-6H3/t29-/m1/s1. The zero-order valence-corrected chi connectivity index (χ0v) is 28.7. The molecule has 0 aliphatic carbocycles. The van der Waals surface area contributed by atoms with Gasteiger partial charge in [-0.15, -0.1) is 0 Å². The van der Waals surface area contributed by atoms with E-state index < -0.39 is 6.61 Å². The third kappa shape index (κ3) is 8.68. The summed E-state index contributed by atoms with van der Waals surface area (Å²) >= 11 is 0. The summed E-state index contributed by atoms with van der Waals surface area (Å²) in [5.74, 6) is 1.71. The summed E-state index contributed by atoms with van der Waals surface area (Å²) in [5.41, 5.74) is 4.78. The fourth-order valence-electron chi connectivity index (χ4n) is 5.71. The van der Waals surface area contributed by atoms with Crippen molar-refractivity contribution in [2.24, 2.45) is 0 Å². The van der Waals surface area contributed by atoms with Gasteiger partial charge in [0, 0.05) is 30.2 Å². The fourth-order valence-corrected chi connectivity index (χ4v) is 5.71. The Hall–Kier alpha value is -5.12. The minimum absolute atomic E-state index is 0.0127. The minimum Gasteiger partial charge on any atom is -0.497 e. The van der Waals surface area contributed by atoms with E-state index in [1.165, 1.54) is 6.07 Å². The van der Waals surface area contributed by atoms with E-state index in [1.54, 1.807) is 45.6 Å². The number of carbonyl (C=O) groups excluding carboxylic acids is 1. The average Bonchev–Trinajstić information content (AvgIpc) is 3.44. The van der Waals surface area contributed by atoms with Crippen LogP contribution in [0.1, 0.15) is 61.6 Å². The summed E-state index contributed by atoms with van der Waals surface area (Å²) in [6.07, 6.45) is 2.99. The SMILES string of the molecule is COc1ccc(COc2nc(C(=C[C@H]3CCC(=O)N3Cc3ccc(OC)cc3OC)c3ccc(C(C)(C)C)cc3)ccc2OC(F)F)cc1. The van der Waals surface area contributed by atoms with Crippen LogP contribution in [0.2, 0.25) is 0 Å². The van der Waals surface area contributed by atoms with Gasteiger partial charge in [-0.1, -0.05) is 63.2 Å². The number of nitrogens with zero attached hydrogens (tertiary/aromatic N) is 2. The number of methoxy groups -OCH3 is 3. The van der Waals surface area contributed by atoms with Gasteiger partial charge in [0.05, 0.1) is 33.1 Å². The van der Waals surface area contributed by atoms with Crippen molar-refractivity contribution in [2.45, 2.75) is 64.8 Å². The molecule has 2 heterocycles. The Morgan fingerprint density at radius 2 is 1.59 bits per heavy atom. The summed E-state index contributed by atoms with van der Waals surface area (Å²) in [4.78, 5) is 19.8.